The maximum absolute atomic E-state index is 12.4. The van der Waals surface area contributed by atoms with Gasteiger partial charge < -0.3 is 10.2 Å². The molecule has 0 aromatic heterocycles. The Morgan fingerprint density at radius 1 is 1.20 bits per heavy atom. The lowest BCUT2D eigenvalue weighted by Gasteiger charge is -2.22. The molecule has 0 spiro atoms. The highest BCUT2D eigenvalue weighted by molar-refractivity contribution is 6.01. The average Bonchev–Trinajstić information content (AvgIpc) is 2.37. The van der Waals surface area contributed by atoms with Crippen LogP contribution in [-0.2, 0) is 4.79 Å². The number of ketones is 1. The molecule has 0 amide bonds. The lowest BCUT2D eigenvalue weighted by atomic mass is 9.83. The quantitative estimate of drug-likeness (QED) is 0.381. The highest BCUT2D eigenvalue weighted by Gasteiger charge is 2.25. The molecule has 0 radical (unpaired) electrons. The van der Waals surface area contributed by atoms with Gasteiger partial charge in [-0.2, -0.15) is 0 Å². The maximum Gasteiger partial charge on any atom is 0.169 e. The molecule has 0 heterocycles. The molecule has 3 nitrogen and oxygen atoms in total. The van der Waals surface area contributed by atoms with E-state index in [1.807, 2.05) is 13.8 Å². The number of aliphatic hydroxyl groups excluding tert-OH is 2. The molecule has 0 rings (SSSR count). The van der Waals surface area contributed by atoms with Gasteiger partial charge in [0.25, 0.3) is 0 Å². The number of allylic oxidation sites excluding steroid dienone is 2. The summed E-state index contributed by atoms with van der Waals surface area (Å²) in [5.41, 5.74) is 0.876. The van der Waals surface area contributed by atoms with Gasteiger partial charge in [-0.25, -0.2) is 0 Å². The second-order valence-electron chi connectivity index (χ2n) is 6.01. The zero-order valence-electron chi connectivity index (χ0n) is 13.6. The number of hydrogen-bond donors (Lipinski definition) is 2. The highest BCUT2D eigenvalue weighted by atomic mass is 16.3. The minimum absolute atomic E-state index is 0.00305. The van der Waals surface area contributed by atoms with Crippen LogP contribution in [0.4, 0.5) is 0 Å². The Bertz CT molecular complexity index is 362. The lowest BCUT2D eigenvalue weighted by Crippen LogP contribution is -2.21. The number of rotatable bonds is 9. The molecule has 116 valence electrons. The summed E-state index contributed by atoms with van der Waals surface area (Å²) >= 11 is 0. The fourth-order valence-electron chi connectivity index (χ4n) is 2.12. The summed E-state index contributed by atoms with van der Waals surface area (Å²) in [5, 5.41) is 19.4. The van der Waals surface area contributed by atoms with Crippen LogP contribution in [0.1, 0.15) is 53.9 Å². The van der Waals surface area contributed by atoms with Gasteiger partial charge in [-0.05, 0) is 31.3 Å². The van der Waals surface area contributed by atoms with E-state index in [0.717, 1.165) is 19.3 Å². The Kier molecular flexibility index (Phi) is 8.47. The molecule has 0 aromatic carbocycles. The van der Waals surface area contributed by atoms with Crippen molar-refractivity contribution < 1.29 is 15.0 Å². The maximum atomic E-state index is 12.4. The van der Waals surface area contributed by atoms with E-state index in [1.165, 1.54) is 6.92 Å². The van der Waals surface area contributed by atoms with Gasteiger partial charge in [-0.1, -0.05) is 40.7 Å². The summed E-state index contributed by atoms with van der Waals surface area (Å²) < 4.78 is 0. The fraction of sp³-hybridized carbons (Fsp3) is 0.706. The first-order valence-corrected chi connectivity index (χ1v) is 7.50. The molecule has 0 aromatic rings. The monoisotopic (exact) mass is 282 g/mol. The second-order valence-corrected chi connectivity index (χ2v) is 6.01. The second kappa shape index (κ2) is 8.96. The van der Waals surface area contributed by atoms with Gasteiger partial charge in [-0.15, -0.1) is 0 Å². The predicted molar refractivity (Wildman–Crippen MR) is 83.6 cm³/mol. The summed E-state index contributed by atoms with van der Waals surface area (Å²) in [6.45, 7) is 13.5. The summed E-state index contributed by atoms with van der Waals surface area (Å²) in [5.74, 6) is 0.143. The van der Waals surface area contributed by atoms with E-state index in [9.17, 15) is 15.0 Å². The molecule has 0 saturated carbocycles. The van der Waals surface area contributed by atoms with Crippen LogP contribution < -0.4 is 0 Å². The first-order chi connectivity index (χ1) is 9.26. The minimum atomic E-state index is -0.164. The molecule has 20 heavy (non-hydrogen) atoms. The summed E-state index contributed by atoms with van der Waals surface area (Å²) in [6, 6.07) is 0. The first kappa shape index (κ1) is 18.9. The summed E-state index contributed by atoms with van der Waals surface area (Å²) in [4.78, 5) is 12.4. The van der Waals surface area contributed by atoms with Crippen molar-refractivity contribution in [3.8, 4) is 0 Å². The molecule has 0 aliphatic carbocycles. The van der Waals surface area contributed by atoms with Crippen LogP contribution in [0, 0.1) is 17.8 Å². The lowest BCUT2D eigenvalue weighted by molar-refractivity contribution is -0.118. The molecule has 0 saturated heterocycles. The van der Waals surface area contributed by atoms with Gasteiger partial charge in [0.2, 0.25) is 0 Å². The Labute approximate surface area is 123 Å². The van der Waals surface area contributed by atoms with E-state index in [2.05, 4.69) is 20.4 Å². The third-order valence-electron chi connectivity index (χ3n) is 3.79. The molecule has 0 bridgehead atoms. The summed E-state index contributed by atoms with van der Waals surface area (Å²) in [6.07, 6.45) is 2.45. The van der Waals surface area contributed by atoms with Crippen LogP contribution in [0.5, 0.6) is 0 Å². The molecular formula is C17H30O3. The molecule has 0 fully saturated rings. The molecule has 0 aliphatic rings. The Morgan fingerprint density at radius 2 is 1.75 bits per heavy atom. The largest absolute Gasteiger partial charge is 0.512 e. The molecule has 2 N–H and O–H groups in total. The van der Waals surface area contributed by atoms with E-state index in [-0.39, 0.29) is 30.0 Å². The van der Waals surface area contributed by atoms with Crippen LogP contribution in [0.3, 0.4) is 0 Å². The molecule has 3 heteroatoms. The Morgan fingerprint density at radius 3 is 2.10 bits per heavy atom. The van der Waals surface area contributed by atoms with Crippen LogP contribution >= 0.6 is 0 Å². The van der Waals surface area contributed by atoms with Crippen molar-refractivity contribution in [2.24, 2.45) is 17.8 Å². The zero-order chi connectivity index (χ0) is 15.9. The predicted octanol–water partition coefficient (Wildman–Crippen LogP) is 4.03. The highest BCUT2D eigenvalue weighted by Crippen LogP contribution is 2.28. The van der Waals surface area contributed by atoms with Crippen molar-refractivity contribution in [1.82, 2.24) is 0 Å². The van der Waals surface area contributed by atoms with E-state index in [1.54, 1.807) is 0 Å². The molecular weight excluding hydrogens is 252 g/mol. The van der Waals surface area contributed by atoms with Crippen molar-refractivity contribution in [3.63, 3.8) is 0 Å². The van der Waals surface area contributed by atoms with Crippen LogP contribution in [-0.4, -0.2) is 22.6 Å². The molecule has 2 atom stereocenters. The van der Waals surface area contributed by atoms with Crippen molar-refractivity contribution in [2.45, 2.75) is 53.9 Å². The number of aliphatic hydroxyl groups is 2. The first-order valence-electron chi connectivity index (χ1n) is 7.50. The normalized spacial score (nSPS) is 15.8. The van der Waals surface area contributed by atoms with Gasteiger partial charge in [0.05, 0.1) is 5.57 Å². The number of carbonyl (C=O) groups excluding carboxylic acids is 1. The van der Waals surface area contributed by atoms with Crippen LogP contribution in [0.2, 0.25) is 0 Å². The van der Waals surface area contributed by atoms with Gasteiger partial charge in [-0.3, -0.25) is 4.79 Å². The Hall–Kier alpha value is -1.09. The number of Topliss-reactive ketones (excluding diaryl/α,β-unsaturated/α-hetero) is 1. The van der Waals surface area contributed by atoms with Crippen molar-refractivity contribution in [2.75, 3.05) is 6.61 Å². The smallest absolute Gasteiger partial charge is 0.169 e. The van der Waals surface area contributed by atoms with E-state index >= 15 is 0 Å². The topological polar surface area (TPSA) is 57.5 Å². The van der Waals surface area contributed by atoms with Crippen molar-refractivity contribution >= 4 is 5.78 Å². The third-order valence-corrected chi connectivity index (χ3v) is 3.79. The van der Waals surface area contributed by atoms with Crippen LogP contribution in [0.15, 0.2) is 23.5 Å². The van der Waals surface area contributed by atoms with Crippen LogP contribution in [0.25, 0.3) is 0 Å². The Balaban J connectivity index is 5.15. The zero-order valence-corrected chi connectivity index (χ0v) is 13.6. The van der Waals surface area contributed by atoms with Crippen molar-refractivity contribution in [1.29, 1.82) is 0 Å². The SMILES string of the molecule is C=C(/C(C(=O)C(C)CC)=C(\C)O)C(CO)CCC(C)C. The molecule has 0 aliphatic heterocycles. The van der Waals surface area contributed by atoms with Gasteiger partial charge >= 0.3 is 0 Å². The third kappa shape index (κ3) is 5.49. The molecule has 2 unspecified atom stereocenters. The minimum Gasteiger partial charge on any atom is -0.512 e. The van der Waals surface area contributed by atoms with Gasteiger partial charge in [0, 0.05) is 18.4 Å². The standard InChI is InChI=1S/C17H30O3/c1-7-12(4)17(20)16(14(6)19)13(5)15(10-18)9-8-11(2)3/h11-12,15,18-19H,5,7-10H2,1-4,6H3/b16-14-. The number of carbonyl (C=O) groups is 1. The van der Waals surface area contributed by atoms with Crippen molar-refractivity contribution in [3.05, 3.63) is 23.5 Å². The fourth-order valence-corrected chi connectivity index (χ4v) is 2.12. The van der Waals surface area contributed by atoms with Gasteiger partial charge in [0.1, 0.15) is 5.76 Å². The van der Waals surface area contributed by atoms with E-state index in [0.29, 0.717) is 17.1 Å². The summed E-state index contributed by atoms with van der Waals surface area (Å²) in [7, 11) is 0. The number of hydrogen-bond acceptors (Lipinski definition) is 3. The average molecular weight is 282 g/mol. The van der Waals surface area contributed by atoms with Gasteiger partial charge in [0.15, 0.2) is 5.78 Å². The van der Waals surface area contributed by atoms with E-state index < -0.39 is 0 Å². The van der Waals surface area contributed by atoms with E-state index in [4.69, 9.17) is 0 Å².